The van der Waals surface area contributed by atoms with E-state index in [9.17, 15) is 24.5 Å². The number of esters is 2. The molecule has 0 saturated carbocycles. The number of benzene rings is 2. The lowest BCUT2D eigenvalue weighted by Gasteiger charge is -2.31. The quantitative estimate of drug-likeness (QED) is 0.165. The van der Waals surface area contributed by atoms with E-state index in [1.807, 2.05) is 30.3 Å². The highest BCUT2D eigenvalue weighted by Crippen LogP contribution is 2.40. The molecule has 206 valence electrons. The molecule has 11 heteroatoms. The molecule has 0 saturated heterocycles. The Morgan fingerprint density at radius 1 is 1.15 bits per heavy atom. The van der Waals surface area contributed by atoms with Crippen molar-refractivity contribution in [3.8, 4) is 0 Å². The summed E-state index contributed by atoms with van der Waals surface area (Å²) in [6, 6.07) is 15.4. The Hall–Kier alpha value is -4.12. The first kappa shape index (κ1) is 29.4. The number of allylic oxidation sites excluding steroid dienone is 1. The summed E-state index contributed by atoms with van der Waals surface area (Å²) in [7, 11) is 1.24. The lowest BCUT2D eigenvalue weighted by Crippen LogP contribution is -2.35. The lowest BCUT2D eigenvalue weighted by atomic mass is 9.80. The Morgan fingerprint density at radius 3 is 2.54 bits per heavy atom. The number of amides is 1. The van der Waals surface area contributed by atoms with Crippen LogP contribution in [0.3, 0.4) is 0 Å². The summed E-state index contributed by atoms with van der Waals surface area (Å²) in [5.74, 6) is -1.37. The summed E-state index contributed by atoms with van der Waals surface area (Å²) in [5, 5.41) is 17.5. The number of ether oxygens (including phenoxy) is 2. The molecule has 10 nitrogen and oxygen atoms in total. The number of hydrogen-bond donors (Lipinski definition) is 2. The summed E-state index contributed by atoms with van der Waals surface area (Å²) in [5.41, 5.74) is 2.62. The molecule has 1 aliphatic rings. The van der Waals surface area contributed by atoms with E-state index < -0.39 is 22.8 Å². The highest BCUT2D eigenvalue weighted by molar-refractivity contribution is 7.99. The minimum atomic E-state index is -0.943. The number of rotatable bonds is 13. The van der Waals surface area contributed by atoms with Crippen LogP contribution >= 0.6 is 11.8 Å². The fourth-order valence-electron chi connectivity index (χ4n) is 4.46. The van der Waals surface area contributed by atoms with Crippen molar-refractivity contribution in [2.24, 2.45) is 0 Å². The van der Waals surface area contributed by atoms with Crippen molar-refractivity contribution in [3.05, 3.63) is 98.4 Å². The fraction of sp³-hybridized carbons (Fsp3) is 0.321. The number of hydrogen-bond acceptors (Lipinski definition) is 9. The Bertz CT molecular complexity index is 1280. The highest BCUT2D eigenvalue weighted by Gasteiger charge is 2.39. The number of carbonyl (C=O) groups excluding carboxylic acids is 3. The molecule has 2 aromatic rings. The maximum absolute atomic E-state index is 13.3. The number of carbonyl (C=O) groups is 3. The van der Waals surface area contributed by atoms with E-state index in [2.05, 4.69) is 10.6 Å². The van der Waals surface area contributed by atoms with Crippen molar-refractivity contribution in [3.63, 3.8) is 0 Å². The maximum atomic E-state index is 13.3. The number of nitro groups is 1. The molecule has 0 aliphatic carbocycles. The number of nitro benzene ring substituents is 1. The van der Waals surface area contributed by atoms with Crippen molar-refractivity contribution in [2.45, 2.75) is 32.2 Å². The Kier molecular flexibility index (Phi) is 10.7. The molecular formula is C28H31N3O7S. The molecule has 3 rings (SSSR count). The zero-order valence-corrected chi connectivity index (χ0v) is 22.8. The van der Waals surface area contributed by atoms with Crippen LogP contribution in [-0.2, 0) is 30.3 Å². The van der Waals surface area contributed by atoms with Gasteiger partial charge in [0.05, 0.1) is 35.7 Å². The van der Waals surface area contributed by atoms with E-state index in [1.165, 1.54) is 37.1 Å². The Morgan fingerprint density at radius 2 is 1.90 bits per heavy atom. The van der Waals surface area contributed by atoms with Gasteiger partial charge in [0.2, 0.25) is 6.41 Å². The summed E-state index contributed by atoms with van der Waals surface area (Å²) in [6.45, 7) is 3.46. The monoisotopic (exact) mass is 553 g/mol. The second-order valence-electron chi connectivity index (χ2n) is 8.74. The van der Waals surface area contributed by atoms with Gasteiger partial charge in [0.25, 0.3) is 5.69 Å². The van der Waals surface area contributed by atoms with Crippen molar-refractivity contribution >= 4 is 35.8 Å². The van der Waals surface area contributed by atoms with Crippen LogP contribution in [0.15, 0.2) is 77.1 Å². The average Bonchev–Trinajstić information content (AvgIpc) is 2.93. The van der Waals surface area contributed by atoms with Gasteiger partial charge in [-0.25, -0.2) is 9.59 Å². The van der Waals surface area contributed by atoms with Crippen LogP contribution < -0.4 is 10.6 Å². The number of dihydropyridines is 1. The molecule has 0 spiro atoms. The first-order valence-electron chi connectivity index (χ1n) is 12.3. The zero-order valence-electron chi connectivity index (χ0n) is 22.0. The van der Waals surface area contributed by atoms with Gasteiger partial charge in [0.15, 0.2) is 0 Å². The van der Waals surface area contributed by atoms with Crippen LogP contribution in [0.4, 0.5) is 5.69 Å². The largest absolute Gasteiger partial charge is 0.466 e. The van der Waals surface area contributed by atoms with Crippen LogP contribution in [0.25, 0.3) is 0 Å². The van der Waals surface area contributed by atoms with Gasteiger partial charge in [0.1, 0.15) is 0 Å². The molecule has 1 heterocycles. The highest BCUT2D eigenvalue weighted by atomic mass is 32.2. The molecule has 1 aliphatic heterocycles. The van der Waals surface area contributed by atoms with E-state index in [1.54, 1.807) is 19.9 Å². The molecule has 2 N–H and O–H groups in total. The molecule has 0 aromatic heterocycles. The predicted octanol–water partition coefficient (Wildman–Crippen LogP) is 3.64. The fourth-order valence-corrected chi connectivity index (χ4v) is 5.50. The van der Waals surface area contributed by atoms with Gasteiger partial charge in [-0.3, -0.25) is 14.9 Å². The van der Waals surface area contributed by atoms with Crippen LogP contribution in [-0.4, -0.2) is 54.5 Å². The average molecular weight is 554 g/mol. The van der Waals surface area contributed by atoms with Crippen molar-refractivity contribution < 1.29 is 28.8 Å². The van der Waals surface area contributed by atoms with E-state index in [0.29, 0.717) is 41.3 Å². The van der Waals surface area contributed by atoms with Gasteiger partial charge in [-0.15, -0.1) is 0 Å². The van der Waals surface area contributed by atoms with E-state index >= 15 is 0 Å². The number of nitrogens with zero attached hydrogens (tertiary/aromatic N) is 1. The Labute approximate surface area is 231 Å². The minimum absolute atomic E-state index is 0.100. The molecule has 0 fully saturated rings. The van der Waals surface area contributed by atoms with Crippen LogP contribution in [0, 0.1) is 10.1 Å². The number of non-ortho nitro benzene ring substituents is 1. The first-order chi connectivity index (χ1) is 18.8. The van der Waals surface area contributed by atoms with Gasteiger partial charge in [-0.1, -0.05) is 42.5 Å². The van der Waals surface area contributed by atoms with Crippen LogP contribution in [0.1, 0.15) is 30.9 Å². The van der Waals surface area contributed by atoms with Gasteiger partial charge >= 0.3 is 11.9 Å². The van der Waals surface area contributed by atoms with Crippen LogP contribution in [0.5, 0.6) is 0 Å². The second kappa shape index (κ2) is 14.1. The summed E-state index contributed by atoms with van der Waals surface area (Å²) < 4.78 is 10.4. The van der Waals surface area contributed by atoms with Crippen LogP contribution in [0.2, 0.25) is 0 Å². The topological polar surface area (TPSA) is 137 Å². The zero-order chi connectivity index (χ0) is 28.4. The van der Waals surface area contributed by atoms with Gasteiger partial charge < -0.3 is 20.1 Å². The van der Waals surface area contributed by atoms with Crippen molar-refractivity contribution in [1.82, 2.24) is 10.6 Å². The first-order valence-corrected chi connectivity index (χ1v) is 13.5. The summed E-state index contributed by atoms with van der Waals surface area (Å²) in [6.07, 6.45) is 1.30. The van der Waals surface area contributed by atoms with Crippen molar-refractivity contribution in [2.75, 3.05) is 25.2 Å². The number of thioether (sulfide) groups is 1. The minimum Gasteiger partial charge on any atom is -0.466 e. The number of nitrogens with one attached hydrogen (secondary N) is 2. The molecule has 2 atom stereocenters. The molecule has 0 radical (unpaired) electrons. The van der Waals surface area contributed by atoms with Gasteiger partial charge in [-0.2, -0.15) is 11.8 Å². The molecular weight excluding hydrogens is 522 g/mol. The standard InChI is InChI=1S/C28H31N3O7S/c1-4-38-28(34)26-23(16-39-15-21(29-17-32)13-19-9-6-5-7-10-19)30-18(2)24(27(33)37-3)25(26)20-11-8-12-22(14-20)31(35)36/h5-12,14,17,21,25,30H,4,13,15-16H2,1-3H3,(H,29,32). The third-order valence-electron chi connectivity index (χ3n) is 6.15. The van der Waals surface area contributed by atoms with E-state index in [4.69, 9.17) is 9.47 Å². The molecule has 1 amide bonds. The lowest BCUT2D eigenvalue weighted by molar-refractivity contribution is -0.384. The van der Waals surface area contributed by atoms with E-state index in [-0.39, 0.29) is 29.5 Å². The maximum Gasteiger partial charge on any atom is 0.336 e. The van der Waals surface area contributed by atoms with Crippen molar-refractivity contribution in [1.29, 1.82) is 0 Å². The number of methoxy groups -OCH3 is 1. The third-order valence-corrected chi connectivity index (χ3v) is 7.28. The second-order valence-corrected chi connectivity index (χ2v) is 9.77. The van der Waals surface area contributed by atoms with Gasteiger partial charge in [-0.05, 0) is 31.4 Å². The summed E-state index contributed by atoms with van der Waals surface area (Å²) in [4.78, 5) is 48.4. The molecule has 39 heavy (non-hydrogen) atoms. The SMILES string of the molecule is CCOC(=O)C1=C(CSCC(Cc2ccccc2)NC=O)NC(C)=C(C(=O)OC)C1c1cccc([N+](=O)[O-])c1. The van der Waals surface area contributed by atoms with Gasteiger partial charge in [0, 0.05) is 41.1 Å². The predicted molar refractivity (Wildman–Crippen MR) is 148 cm³/mol. The van der Waals surface area contributed by atoms with E-state index in [0.717, 1.165) is 5.56 Å². The normalized spacial score (nSPS) is 15.7. The molecule has 2 aromatic carbocycles. The molecule has 2 unspecified atom stereocenters. The third kappa shape index (κ3) is 7.47. The molecule has 0 bridgehead atoms. The Balaban J connectivity index is 1.99. The summed E-state index contributed by atoms with van der Waals surface area (Å²) >= 11 is 1.49. The smallest absolute Gasteiger partial charge is 0.336 e.